The van der Waals surface area contributed by atoms with Gasteiger partial charge in [-0.15, -0.1) is 0 Å². The molecule has 3 nitrogen and oxygen atoms in total. The van der Waals surface area contributed by atoms with E-state index in [1.54, 1.807) is 0 Å². The maximum absolute atomic E-state index is 12.9. The summed E-state index contributed by atoms with van der Waals surface area (Å²) in [5, 5.41) is 4.36. The van der Waals surface area contributed by atoms with Crippen molar-refractivity contribution in [1.29, 1.82) is 0 Å². The normalized spacial score (nSPS) is 17.8. The summed E-state index contributed by atoms with van der Waals surface area (Å²) in [5.74, 6) is -0.147. The van der Waals surface area contributed by atoms with Crippen LogP contribution < -0.4 is 5.43 Å². The number of rotatable bonds is 5. The topological polar surface area (TPSA) is 41.5 Å². The fourth-order valence-corrected chi connectivity index (χ4v) is 3.93. The summed E-state index contributed by atoms with van der Waals surface area (Å²) in [7, 11) is 0. The molecule has 0 spiro atoms. The third kappa shape index (κ3) is 3.36. The molecule has 3 aromatic carbocycles. The summed E-state index contributed by atoms with van der Waals surface area (Å²) in [4.78, 5) is 12.9. The monoisotopic (exact) mass is 368 g/mol. The van der Waals surface area contributed by atoms with Gasteiger partial charge in [0.15, 0.2) is 0 Å². The Kier molecular flexibility index (Phi) is 4.82. The summed E-state index contributed by atoms with van der Waals surface area (Å²) < 4.78 is 0. The Labute approximate surface area is 166 Å². The van der Waals surface area contributed by atoms with E-state index in [1.165, 1.54) is 16.7 Å². The van der Waals surface area contributed by atoms with E-state index < -0.39 is 0 Å². The van der Waals surface area contributed by atoms with E-state index in [0.29, 0.717) is 0 Å². The van der Waals surface area contributed by atoms with Crippen molar-refractivity contribution in [2.45, 2.75) is 25.7 Å². The molecule has 3 aromatic rings. The fourth-order valence-electron chi connectivity index (χ4n) is 3.93. The van der Waals surface area contributed by atoms with Gasteiger partial charge in [0.25, 0.3) is 0 Å². The molecule has 0 aromatic heterocycles. The number of carbonyl (C=O) groups is 1. The molecular weight excluding hydrogens is 344 g/mol. The molecule has 1 amide bonds. The first-order valence-electron chi connectivity index (χ1n) is 9.63. The van der Waals surface area contributed by atoms with Gasteiger partial charge in [-0.25, -0.2) is 5.43 Å². The number of nitrogens with one attached hydrogen (secondary N) is 1. The Bertz CT molecular complexity index is 952. The predicted molar refractivity (Wildman–Crippen MR) is 113 cm³/mol. The molecule has 4 rings (SSSR count). The van der Waals surface area contributed by atoms with Crippen LogP contribution in [0.25, 0.3) is 0 Å². The van der Waals surface area contributed by atoms with E-state index in [2.05, 4.69) is 41.7 Å². The van der Waals surface area contributed by atoms with Crippen LogP contribution in [0.3, 0.4) is 0 Å². The van der Waals surface area contributed by atoms with Crippen LogP contribution in [0.1, 0.15) is 35.6 Å². The molecule has 0 saturated heterocycles. The maximum atomic E-state index is 12.9. The molecule has 1 aliphatic rings. The molecule has 0 heterocycles. The fraction of sp³-hybridized carbons (Fsp3) is 0.200. The first kappa shape index (κ1) is 18.2. The Morgan fingerprint density at radius 1 is 0.893 bits per heavy atom. The van der Waals surface area contributed by atoms with Gasteiger partial charge in [0, 0.05) is 5.41 Å². The summed E-state index contributed by atoms with van der Waals surface area (Å²) >= 11 is 0. The molecule has 140 valence electrons. The number of hydrogen-bond acceptors (Lipinski definition) is 2. The molecule has 1 aliphatic carbocycles. The SMILES string of the molecule is C/C(=N/NC(=O)[C@H]1CC1(c1ccccc1)c1ccccc1)c1ccc(C)cc1. The lowest BCUT2D eigenvalue weighted by molar-refractivity contribution is -0.122. The van der Waals surface area contributed by atoms with Crippen LogP contribution >= 0.6 is 0 Å². The summed E-state index contributed by atoms with van der Waals surface area (Å²) in [5.41, 5.74) is 7.92. The molecule has 0 radical (unpaired) electrons. The van der Waals surface area contributed by atoms with Crippen LogP contribution in [0, 0.1) is 12.8 Å². The van der Waals surface area contributed by atoms with Crippen molar-refractivity contribution in [3.05, 3.63) is 107 Å². The van der Waals surface area contributed by atoms with Crippen molar-refractivity contribution in [3.8, 4) is 0 Å². The Balaban J connectivity index is 1.56. The van der Waals surface area contributed by atoms with Gasteiger partial charge >= 0.3 is 0 Å². The van der Waals surface area contributed by atoms with Crippen molar-refractivity contribution < 1.29 is 4.79 Å². The molecular formula is C25H24N2O. The van der Waals surface area contributed by atoms with Crippen LogP contribution in [-0.2, 0) is 10.2 Å². The number of carbonyl (C=O) groups excluding carboxylic acids is 1. The highest BCUT2D eigenvalue weighted by atomic mass is 16.2. The van der Waals surface area contributed by atoms with E-state index in [9.17, 15) is 4.79 Å². The molecule has 3 heteroatoms. The zero-order valence-corrected chi connectivity index (χ0v) is 16.2. The molecule has 1 atom stereocenters. The molecule has 0 bridgehead atoms. The minimum Gasteiger partial charge on any atom is -0.273 e. The highest BCUT2D eigenvalue weighted by Crippen LogP contribution is 2.58. The molecule has 0 aliphatic heterocycles. The van der Waals surface area contributed by atoms with Gasteiger partial charge in [-0.1, -0.05) is 90.5 Å². The van der Waals surface area contributed by atoms with Crippen molar-refractivity contribution in [1.82, 2.24) is 5.43 Å². The second-order valence-corrected chi connectivity index (χ2v) is 7.50. The van der Waals surface area contributed by atoms with Crippen LogP contribution in [0.2, 0.25) is 0 Å². The number of hydrazone groups is 1. The smallest absolute Gasteiger partial charge is 0.244 e. The Morgan fingerprint density at radius 2 is 1.43 bits per heavy atom. The average molecular weight is 368 g/mol. The van der Waals surface area contributed by atoms with E-state index >= 15 is 0 Å². The van der Waals surface area contributed by atoms with Gasteiger partial charge in [0.1, 0.15) is 0 Å². The highest BCUT2D eigenvalue weighted by Gasteiger charge is 2.60. The van der Waals surface area contributed by atoms with Crippen molar-refractivity contribution in [3.63, 3.8) is 0 Å². The third-order valence-electron chi connectivity index (χ3n) is 5.66. The van der Waals surface area contributed by atoms with Crippen LogP contribution in [0.15, 0.2) is 90.0 Å². The van der Waals surface area contributed by atoms with E-state index in [4.69, 9.17) is 0 Å². The average Bonchev–Trinajstić information content (AvgIpc) is 3.51. The molecule has 1 fully saturated rings. The Morgan fingerprint density at radius 3 is 1.96 bits per heavy atom. The second kappa shape index (κ2) is 7.43. The molecule has 1 N–H and O–H groups in total. The van der Waals surface area contributed by atoms with Crippen LogP contribution in [-0.4, -0.2) is 11.6 Å². The first-order chi connectivity index (χ1) is 13.6. The van der Waals surface area contributed by atoms with Gasteiger partial charge in [0.05, 0.1) is 11.6 Å². The lowest BCUT2D eigenvalue weighted by Crippen LogP contribution is -2.26. The maximum Gasteiger partial charge on any atom is 0.244 e. The van der Waals surface area contributed by atoms with Gasteiger partial charge in [0.2, 0.25) is 5.91 Å². The number of aryl methyl sites for hydroxylation is 1. The number of amides is 1. The zero-order chi connectivity index (χ0) is 19.6. The van der Waals surface area contributed by atoms with Crippen molar-refractivity contribution >= 4 is 11.6 Å². The first-order valence-corrected chi connectivity index (χ1v) is 9.63. The number of hydrogen-bond donors (Lipinski definition) is 1. The second-order valence-electron chi connectivity index (χ2n) is 7.50. The Hall–Kier alpha value is -3.20. The molecule has 28 heavy (non-hydrogen) atoms. The van der Waals surface area contributed by atoms with Gasteiger partial charge in [-0.2, -0.15) is 5.10 Å². The zero-order valence-electron chi connectivity index (χ0n) is 16.2. The van der Waals surface area contributed by atoms with Crippen LogP contribution in [0.4, 0.5) is 0 Å². The quantitative estimate of drug-likeness (QED) is 0.508. The van der Waals surface area contributed by atoms with Gasteiger partial charge in [-0.3, -0.25) is 4.79 Å². The molecule has 1 saturated carbocycles. The lowest BCUT2D eigenvalue weighted by Gasteiger charge is -2.18. The third-order valence-corrected chi connectivity index (χ3v) is 5.66. The van der Waals surface area contributed by atoms with E-state index in [0.717, 1.165) is 17.7 Å². The summed E-state index contributed by atoms with van der Waals surface area (Å²) in [6.07, 6.45) is 0.798. The van der Waals surface area contributed by atoms with E-state index in [1.807, 2.05) is 67.6 Å². The largest absolute Gasteiger partial charge is 0.273 e. The minimum atomic E-state index is -0.264. The summed E-state index contributed by atoms with van der Waals surface area (Å²) in [6, 6.07) is 28.7. The predicted octanol–water partition coefficient (Wildman–Crippen LogP) is 4.84. The minimum absolute atomic E-state index is 0.0285. The van der Waals surface area contributed by atoms with Gasteiger partial charge in [-0.05, 0) is 37.0 Å². The number of nitrogens with zero attached hydrogens (tertiary/aromatic N) is 1. The molecule has 0 unspecified atom stereocenters. The standard InChI is InChI=1S/C25H24N2O/c1-18-13-15-20(16-14-18)19(2)26-27-24(28)23-17-25(23,21-9-5-3-6-10-21)22-11-7-4-8-12-22/h3-16,23H,17H2,1-2H3,(H,27,28)/b26-19-/t23-/m1/s1. The lowest BCUT2D eigenvalue weighted by atomic mass is 9.85. The highest BCUT2D eigenvalue weighted by molar-refractivity contribution is 5.99. The summed E-state index contributed by atoms with van der Waals surface area (Å²) in [6.45, 7) is 3.97. The van der Waals surface area contributed by atoms with Crippen molar-refractivity contribution in [2.75, 3.05) is 0 Å². The van der Waals surface area contributed by atoms with Crippen LogP contribution in [0.5, 0.6) is 0 Å². The van der Waals surface area contributed by atoms with E-state index in [-0.39, 0.29) is 17.2 Å². The van der Waals surface area contributed by atoms with Gasteiger partial charge < -0.3 is 0 Å². The van der Waals surface area contributed by atoms with Crippen molar-refractivity contribution in [2.24, 2.45) is 11.0 Å². The number of benzene rings is 3.